The summed E-state index contributed by atoms with van der Waals surface area (Å²) in [5.74, 6) is 0. The van der Waals surface area contributed by atoms with Crippen LogP contribution in [0, 0.1) is 0 Å². The second-order valence-electron chi connectivity index (χ2n) is 12.2. The molecule has 3 aromatic heterocycles. The average Bonchev–Trinajstić information content (AvgIpc) is 3.82. The normalized spacial score (nSPS) is 11.8. The van der Waals surface area contributed by atoms with Crippen molar-refractivity contribution in [2.45, 2.75) is 0 Å². The third-order valence-electron chi connectivity index (χ3n) is 9.65. The molecule has 220 valence electrons. The largest absolute Gasteiger partial charge is 0.317 e. The van der Waals surface area contributed by atoms with E-state index in [2.05, 4.69) is 190 Å². The molecule has 0 saturated heterocycles. The van der Waals surface area contributed by atoms with Gasteiger partial charge in [-0.2, -0.15) is 0 Å². The molecule has 0 aliphatic rings. The fourth-order valence-electron chi connectivity index (χ4n) is 7.63. The van der Waals surface area contributed by atoms with E-state index in [0.29, 0.717) is 0 Å². The van der Waals surface area contributed by atoms with E-state index in [1.165, 1.54) is 65.6 Å². The topological polar surface area (TPSA) is 14.8 Å². The van der Waals surface area contributed by atoms with Gasteiger partial charge in [0.2, 0.25) is 0 Å². The fourth-order valence-corrected chi connectivity index (χ4v) is 7.63. The van der Waals surface area contributed by atoms with E-state index in [9.17, 15) is 0 Å². The van der Waals surface area contributed by atoms with Gasteiger partial charge in [-0.05, 0) is 77.9 Å². The second kappa shape index (κ2) is 10.1. The first-order valence-electron chi connectivity index (χ1n) is 16.1. The Morgan fingerprint density at radius 3 is 1.45 bits per heavy atom. The lowest BCUT2D eigenvalue weighted by molar-refractivity contribution is 1.13. The predicted molar refractivity (Wildman–Crippen MR) is 197 cm³/mol. The third kappa shape index (κ3) is 3.87. The first-order valence-corrected chi connectivity index (χ1v) is 16.1. The van der Waals surface area contributed by atoms with Crippen molar-refractivity contribution in [2.75, 3.05) is 0 Å². The van der Waals surface area contributed by atoms with Crippen molar-refractivity contribution < 1.29 is 0 Å². The van der Waals surface area contributed by atoms with Crippen LogP contribution in [0.2, 0.25) is 0 Å². The molecule has 3 heterocycles. The summed E-state index contributed by atoms with van der Waals surface area (Å²) in [6.07, 6.45) is 2.20. The van der Waals surface area contributed by atoms with Crippen molar-refractivity contribution in [3.8, 4) is 28.2 Å². The molecule has 0 atom stereocenters. The maximum absolute atomic E-state index is 2.45. The lowest BCUT2D eigenvalue weighted by Gasteiger charge is -2.16. The van der Waals surface area contributed by atoms with E-state index >= 15 is 0 Å². The Morgan fingerprint density at radius 2 is 0.787 bits per heavy atom. The predicted octanol–water partition coefficient (Wildman–Crippen LogP) is 11.5. The van der Waals surface area contributed by atoms with Gasteiger partial charge in [0.05, 0.1) is 27.6 Å². The molecule has 0 spiro atoms. The molecule has 0 N–H and O–H groups in total. The second-order valence-corrected chi connectivity index (χ2v) is 12.2. The van der Waals surface area contributed by atoms with Crippen LogP contribution in [0.5, 0.6) is 0 Å². The minimum atomic E-state index is 1.14. The molecule has 0 aliphatic heterocycles. The molecule has 0 bridgehead atoms. The highest BCUT2D eigenvalue weighted by molar-refractivity contribution is 6.21. The molecule has 0 fully saturated rings. The molecule has 0 unspecified atom stereocenters. The number of aromatic nitrogens is 3. The summed E-state index contributed by atoms with van der Waals surface area (Å²) in [5.41, 5.74) is 11.8. The number of para-hydroxylation sites is 4. The number of hydrogen-bond acceptors (Lipinski definition) is 0. The third-order valence-corrected chi connectivity index (χ3v) is 9.65. The molecular formula is C44H29N3. The van der Waals surface area contributed by atoms with Crippen LogP contribution in [0.4, 0.5) is 0 Å². The standard InChI is InChI=1S/C44H29N3/c1-3-13-30(14-4-1)31-27-33(46-40-20-10-7-17-35(40)36-18-8-11-21-41(36)46)29-34(28-31)47-42-22-12-9-19-37(42)44-38-25-26-45(32-15-5-2-6-16-32)39(38)23-24-43(44)47/h1-29H. The molecule has 47 heavy (non-hydrogen) atoms. The number of fused-ring (bicyclic) bond motifs is 8. The van der Waals surface area contributed by atoms with Gasteiger partial charge in [0.1, 0.15) is 0 Å². The minimum Gasteiger partial charge on any atom is -0.317 e. The number of benzene rings is 7. The SMILES string of the molecule is c1ccc(-c2cc(-n3c4ccccc4c4ccccc43)cc(-n3c4ccccc4c4c5ccn(-c6ccccc6)c5ccc43)c2)cc1. The van der Waals surface area contributed by atoms with E-state index in [0.717, 1.165) is 17.1 Å². The van der Waals surface area contributed by atoms with Crippen LogP contribution in [-0.2, 0) is 0 Å². The van der Waals surface area contributed by atoms with Crippen LogP contribution in [-0.4, -0.2) is 13.7 Å². The highest BCUT2D eigenvalue weighted by Gasteiger charge is 2.19. The van der Waals surface area contributed by atoms with Crippen molar-refractivity contribution in [1.82, 2.24) is 13.7 Å². The van der Waals surface area contributed by atoms with Gasteiger partial charge in [0, 0.05) is 50.2 Å². The molecule has 3 nitrogen and oxygen atoms in total. The van der Waals surface area contributed by atoms with Gasteiger partial charge in [-0.25, -0.2) is 0 Å². The Hall–Kier alpha value is -6.32. The van der Waals surface area contributed by atoms with Gasteiger partial charge in [0.25, 0.3) is 0 Å². The van der Waals surface area contributed by atoms with Crippen LogP contribution in [0.3, 0.4) is 0 Å². The smallest absolute Gasteiger partial charge is 0.0548 e. The summed E-state index contributed by atoms with van der Waals surface area (Å²) >= 11 is 0. The van der Waals surface area contributed by atoms with E-state index in [4.69, 9.17) is 0 Å². The Bertz CT molecular complexity index is 2720. The maximum atomic E-state index is 2.45. The van der Waals surface area contributed by atoms with Crippen molar-refractivity contribution in [3.63, 3.8) is 0 Å². The van der Waals surface area contributed by atoms with Crippen LogP contribution >= 0.6 is 0 Å². The Morgan fingerprint density at radius 1 is 0.298 bits per heavy atom. The summed E-state index contributed by atoms with van der Waals surface area (Å²) < 4.78 is 7.16. The van der Waals surface area contributed by atoms with Gasteiger partial charge < -0.3 is 13.7 Å². The highest BCUT2D eigenvalue weighted by Crippen LogP contribution is 2.40. The maximum Gasteiger partial charge on any atom is 0.0548 e. The van der Waals surface area contributed by atoms with E-state index < -0.39 is 0 Å². The zero-order chi connectivity index (χ0) is 30.9. The van der Waals surface area contributed by atoms with Gasteiger partial charge in [-0.3, -0.25) is 0 Å². The molecule has 10 rings (SSSR count). The first-order chi connectivity index (χ1) is 23.3. The zero-order valence-electron chi connectivity index (χ0n) is 25.6. The molecule has 7 aromatic carbocycles. The minimum absolute atomic E-state index is 1.14. The molecule has 0 saturated carbocycles. The zero-order valence-corrected chi connectivity index (χ0v) is 25.6. The van der Waals surface area contributed by atoms with Crippen LogP contribution in [0.25, 0.3) is 82.7 Å². The van der Waals surface area contributed by atoms with Gasteiger partial charge in [0.15, 0.2) is 0 Å². The van der Waals surface area contributed by atoms with Crippen molar-refractivity contribution in [1.29, 1.82) is 0 Å². The Labute approximate surface area is 271 Å². The van der Waals surface area contributed by atoms with E-state index in [-0.39, 0.29) is 0 Å². The number of nitrogens with zero attached hydrogens (tertiary/aromatic N) is 3. The van der Waals surface area contributed by atoms with Crippen LogP contribution in [0.1, 0.15) is 0 Å². The molecule has 3 heteroatoms. The highest BCUT2D eigenvalue weighted by atomic mass is 15.0. The number of rotatable bonds is 4. The number of hydrogen-bond donors (Lipinski definition) is 0. The summed E-state index contributed by atoms with van der Waals surface area (Å²) in [7, 11) is 0. The summed E-state index contributed by atoms with van der Waals surface area (Å²) in [6, 6.07) is 61.5. The van der Waals surface area contributed by atoms with E-state index in [1.54, 1.807) is 0 Å². The van der Waals surface area contributed by atoms with Crippen LogP contribution < -0.4 is 0 Å². The molecule has 0 amide bonds. The summed E-state index contributed by atoms with van der Waals surface area (Å²) in [4.78, 5) is 0. The van der Waals surface area contributed by atoms with Gasteiger partial charge >= 0.3 is 0 Å². The Balaban J connectivity index is 1.30. The van der Waals surface area contributed by atoms with Crippen LogP contribution in [0.15, 0.2) is 176 Å². The van der Waals surface area contributed by atoms with E-state index in [1.807, 2.05) is 0 Å². The average molecular weight is 600 g/mol. The van der Waals surface area contributed by atoms with Crippen molar-refractivity contribution >= 4 is 54.5 Å². The summed E-state index contributed by atoms with van der Waals surface area (Å²) in [5, 5.41) is 6.30. The fraction of sp³-hybridized carbons (Fsp3) is 0. The lowest BCUT2D eigenvalue weighted by Crippen LogP contribution is -2.00. The lowest BCUT2D eigenvalue weighted by atomic mass is 10.0. The molecular weight excluding hydrogens is 571 g/mol. The Kier molecular flexibility index (Phi) is 5.57. The molecule has 0 aliphatic carbocycles. The van der Waals surface area contributed by atoms with Crippen molar-refractivity contribution in [3.05, 3.63) is 176 Å². The molecule has 10 aromatic rings. The summed E-state index contributed by atoms with van der Waals surface area (Å²) in [6.45, 7) is 0. The van der Waals surface area contributed by atoms with Gasteiger partial charge in [-0.15, -0.1) is 0 Å². The quantitative estimate of drug-likeness (QED) is 0.191. The van der Waals surface area contributed by atoms with Gasteiger partial charge in [-0.1, -0.05) is 103 Å². The molecule has 0 radical (unpaired) electrons. The monoisotopic (exact) mass is 599 g/mol. The first kappa shape index (κ1) is 26.0. The van der Waals surface area contributed by atoms with Crippen molar-refractivity contribution in [2.24, 2.45) is 0 Å².